The number of hydrogen-bond donors (Lipinski definition) is 2. The topological polar surface area (TPSA) is 105 Å². The summed E-state index contributed by atoms with van der Waals surface area (Å²) >= 11 is 0. The molecule has 0 aliphatic heterocycles. The van der Waals surface area contributed by atoms with Crippen molar-refractivity contribution < 1.29 is 8.42 Å². The van der Waals surface area contributed by atoms with Crippen molar-refractivity contribution in [3.05, 3.63) is 46.8 Å². The van der Waals surface area contributed by atoms with Gasteiger partial charge in [0.05, 0.1) is 0 Å². The van der Waals surface area contributed by atoms with Crippen molar-refractivity contribution in [3.8, 4) is 0 Å². The quantitative estimate of drug-likeness (QED) is 0.829. The average Bonchev–Trinajstić information content (AvgIpc) is 2.29. The van der Waals surface area contributed by atoms with E-state index in [9.17, 15) is 13.2 Å². The van der Waals surface area contributed by atoms with Gasteiger partial charge in [-0.05, 0) is 19.1 Å². The van der Waals surface area contributed by atoms with Crippen molar-refractivity contribution in [3.63, 3.8) is 0 Å². The first-order valence-corrected chi connectivity index (χ1v) is 6.46. The minimum atomic E-state index is -3.77. The molecule has 18 heavy (non-hydrogen) atoms. The first-order chi connectivity index (χ1) is 8.49. The number of anilines is 1. The molecule has 2 rings (SSSR count). The van der Waals surface area contributed by atoms with Crippen LogP contribution in [0.25, 0.3) is 0 Å². The van der Waals surface area contributed by atoms with Gasteiger partial charge in [-0.1, -0.05) is 0 Å². The summed E-state index contributed by atoms with van der Waals surface area (Å²) in [6, 6.07) is 3.83. The first-order valence-electron chi connectivity index (χ1n) is 4.98. The molecule has 2 heterocycles. The SMILES string of the molecule is Cc1[nH]c(=O)ccc1S(=O)(=O)Nc1ccncn1. The Morgan fingerprint density at radius 1 is 1.28 bits per heavy atom. The molecule has 0 saturated heterocycles. The highest BCUT2D eigenvalue weighted by Crippen LogP contribution is 2.14. The lowest BCUT2D eigenvalue weighted by Gasteiger charge is -2.08. The Morgan fingerprint density at radius 2 is 2.06 bits per heavy atom. The van der Waals surface area contributed by atoms with Gasteiger partial charge < -0.3 is 4.98 Å². The van der Waals surface area contributed by atoms with E-state index in [1.54, 1.807) is 0 Å². The third kappa shape index (κ3) is 2.54. The van der Waals surface area contributed by atoms with Crippen LogP contribution in [0.4, 0.5) is 5.82 Å². The van der Waals surface area contributed by atoms with Crippen molar-refractivity contribution in [2.24, 2.45) is 0 Å². The van der Waals surface area contributed by atoms with Gasteiger partial charge in [0.1, 0.15) is 17.0 Å². The second-order valence-corrected chi connectivity index (χ2v) is 5.16. The zero-order valence-corrected chi connectivity index (χ0v) is 10.2. The molecule has 0 unspecified atom stereocenters. The fourth-order valence-corrected chi connectivity index (χ4v) is 2.61. The van der Waals surface area contributed by atoms with Crippen LogP contribution in [0.15, 0.2) is 40.4 Å². The summed E-state index contributed by atoms with van der Waals surface area (Å²) < 4.78 is 26.4. The van der Waals surface area contributed by atoms with E-state index in [1.165, 1.54) is 31.6 Å². The molecule has 0 amide bonds. The van der Waals surface area contributed by atoms with Crippen molar-refractivity contribution in [2.75, 3.05) is 4.72 Å². The number of aromatic amines is 1. The molecule has 2 N–H and O–H groups in total. The van der Waals surface area contributed by atoms with Gasteiger partial charge in [-0.2, -0.15) is 0 Å². The summed E-state index contributed by atoms with van der Waals surface area (Å²) in [5.41, 5.74) is -0.0856. The smallest absolute Gasteiger partial charge is 0.264 e. The van der Waals surface area contributed by atoms with Gasteiger partial charge >= 0.3 is 0 Å². The molecule has 94 valence electrons. The fraction of sp³-hybridized carbons (Fsp3) is 0.100. The lowest BCUT2D eigenvalue weighted by Crippen LogP contribution is -2.18. The molecular weight excluding hydrogens is 256 g/mol. The monoisotopic (exact) mass is 266 g/mol. The van der Waals surface area contributed by atoms with Crippen LogP contribution in [0.5, 0.6) is 0 Å². The molecular formula is C10H10N4O3S. The van der Waals surface area contributed by atoms with Crippen molar-refractivity contribution >= 4 is 15.8 Å². The molecule has 8 heteroatoms. The highest BCUT2D eigenvalue weighted by molar-refractivity contribution is 7.92. The third-order valence-electron chi connectivity index (χ3n) is 2.18. The van der Waals surface area contributed by atoms with E-state index in [-0.39, 0.29) is 22.0 Å². The summed E-state index contributed by atoms with van der Waals surface area (Å²) in [6.07, 6.45) is 2.65. The van der Waals surface area contributed by atoms with Crippen LogP contribution in [0.1, 0.15) is 5.69 Å². The van der Waals surface area contributed by atoms with Gasteiger partial charge in [-0.15, -0.1) is 0 Å². The third-order valence-corrected chi connectivity index (χ3v) is 3.68. The number of aromatic nitrogens is 3. The zero-order valence-electron chi connectivity index (χ0n) is 9.41. The summed E-state index contributed by atoms with van der Waals surface area (Å²) in [5, 5.41) is 0. The van der Waals surface area contributed by atoms with Crippen LogP contribution < -0.4 is 10.3 Å². The van der Waals surface area contributed by atoms with Crippen LogP contribution in [0, 0.1) is 6.92 Å². The van der Waals surface area contributed by atoms with Crippen molar-refractivity contribution in [1.29, 1.82) is 0 Å². The summed E-state index contributed by atoms with van der Waals surface area (Å²) in [4.78, 5) is 20.9. The van der Waals surface area contributed by atoms with Crippen LogP contribution in [0.2, 0.25) is 0 Å². The van der Waals surface area contributed by atoms with Crippen LogP contribution in [-0.4, -0.2) is 23.4 Å². The normalized spacial score (nSPS) is 11.2. The predicted octanol–water partition coefficient (Wildman–Crippen LogP) is 0.274. The predicted molar refractivity (Wildman–Crippen MR) is 64.6 cm³/mol. The maximum Gasteiger partial charge on any atom is 0.264 e. The lowest BCUT2D eigenvalue weighted by atomic mass is 10.4. The molecule has 0 aromatic carbocycles. The first kappa shape index (κ1) is 12.2. The molecule has 7 nitrogen and oxygen atoms in total. The number of rotatable bonds is 3. The number of sulfonamides is 1. The molecule has 2 aromatic heterocycles. The van der Waals surface area contributed by atoms with E-state index in [0.29, 0.717) is 0 Å². The maximum absolute atomic E-state index is 12.0. The zero-order chi connectivity index (χ0) is 13.2. The summed E-state index contributed by atoms with van der Waals surface area (Å²) in [7, 11) is -3.77. The largest absolute Gasteiger partial charge is 0.325 e. The minimum absolute atomic E-state index is 0.000659. The Balaban J connectivity index is 2.40. The van der Waals surface area contributed by atoms with Crippen LogP contribution in [-0.2, 0) is 10.0 Å². The number of nitrogens with one attached hydrogen (secondary N) is 2. The lowest BCUT2D eigenvalue weighted by molar-refractivity contribution is 0.599. The van der Waals surface area contributed by atoms with Crippen molar-refractivity contribution in [2.45, 2.75) is 11.8 Å². The Labute approximate surface area is 103 Å². The molecule has 0 spiro atoms. The average molecular weight is 266 g/mol. The highest BCUT2D eigenvalue weighted by Gasteiger charge is 2.17. The number of aryl methyl sites for hydroxylation is 1. The molecule has 0 radical (unpaired) electrons. The standard InChI is InChI=1S/C10H10N4O3S/c1-7-8(2-3-10(15)13-7)18(16,17)14-9-4-5-11-6-12-9/h2-6H,1H3,(H,13,15)(H,11,12,14). The van der Waals surface area contributed by atoms with E-state index in [4.69, 9.17) is 0 Å². The minimum Gasteiger partial charge on any atom is -0.325 e. The van der Waals surface area contributed by atoms with Gasteiger partial charge in [0.15, 0.2) is 0 Å². The molecule has 2 aromatic rings. The number of pyridine rings is 1. The van der Waals surface area contributed by atoms with E-state index in [1.807, 2.05) is 0 Å². The van der Waals surface area contributed by atoms with E-state index >= 15 is 0 Å². The molecule has 0 atom stereocenters. The van der Waals surface area contributed by atoms with Crippen LogP contribution >= 0.6 is 0 Å². The van der Waals surface area contributed by atoms with Gasteiger partial charge in [0.2, 0.25) is 5.56 Å². The van der Waals surface area contributed by atoms with Gasteiger partial charge in [0.25, 0.3) is 10.0 Å². The molecule has 0 aliphatic rings. The second kappa shape index (κ2) is 4.57. The fourth-order valence-electron chi connectivity index (χ4n) is 1.40. The van der Waals surface area contributed by atoms with E-state index in [0.717, 1.165) is 6.07 Å². The van der Waals surface area contributed by atoms with Gasteiger partial charge in [0, 0.05) is 18.0 Å². The Morgan fingerprint density at radius 3 is 2.67 bits per heavy atom. The maximum atomic E-state index is 12.0. The van der Waals surface area contributed by atoms with E-state index < -0.39 is 10.0 Å². The summed E-state index contributed by atoms with van der Waals surface area (Å²) in [6.45, 7) is 1.51. The Hall–Kier alpha value is -2.22. The molecule has 0 aliphatic carbocycles. The molecule has 0 saturated carbocycles. The van der Waals surface area contributed by atoms with Crippen molar-refractivity contribution in [1.82, 2.24) is 15.0 Å². The van der Waals surface area contributed by atoms with Crippen LogP contribution in [0.3, 0.4) is 0 Å². The van der Waals surface area contributed by atoms with Gasteiger partial charge in [-0.3, -0.25) is 9.52 Å². The molecule has 0 bridgehead atoms. The molecule has 0 fully saturated rings. The summed E-state index contributed by atoms with van der Waals surface area (Å²) in [5.74, 6) is 0.163. The second-order valence-electron chi connectivity index (χ2n) is 3.51. The number of nitrogens with zero attached hydrogens (tertiary/aromatic N) is 2. The highest BCUT2D eigenvalue weighted by atomic mass is 32.2. The number of hydrogen-bond acceptors (Lipinski definition) is 5. The Bertz CT molecular complexity index is 709. The number of H-pyrrole nitrogens is 1. The Kier molecular flexibility index (Phi) is 3.11. The van der Waals surface area contributed by atoms with E-state index in [2.05, 4.69) is 19.7 Å². The van der Waals surface area contributed by atoms with Gasteiger partial charge in [-0.25, -0.2) is 18.4 Å².